The van der Waals surface area contributed by atoms with Crippen LogP contribution in [0.15, 0.2) is 0 Å². The molecule has 1 rings (SSSR count). The number of amides is 5. The van der Waals surface area contributed by atoms with Crippen LogP contribution in [0.4, 0.5) is 0 Å². The quantitative estimate of drug-likeness (QED) is 0.295. The van der Waals surface area contributed by atoms with E-state index in [1.54, 1.807) is 27.7 Å². The van der Waals surface area contributed by atoms with E-state index in [0.717, 1.165) is 0 Å². The SMILES string of the molecule is CC[C@H](C)[C@@H]1CC(=O)NCC(=O)NC(C(C)C)C(=O)N[C@H](CC(C)C)C(=O)N[C@@H](C)C(=O)NC(C(C)C)C(=O)O1. The van der Waals surface area contributed by atoms with E-state index in [9.17, 15) is 28.8 Å². The third-order valence-electron chi connectivity index (χ3n) is 6.95. The molecule has 228 valence electrons. The summed E-state index contributed by atoms with van der Waals surface area (Å²) in [6, 6.07) is -3.97. The van der Waals surface area contributed by atoms with Gasteiger partial charge in [-0.05, 0) is 37.0 Å². The maximum Gasteiger partial charge on any atom is 0.329 e. The van der Waals surface area contributed by atoms with Gasteiger partial charge in [-0.25, -0.2) is 4.79 Å². The number of hydrogen-bond acceptors (Lipinski definition) is 7. The Balaban J connectivity index is 3.39. The van der Waals surface area contributed by atoms with Crippen molar-refractivity contribution in [3.8, 4) is 0 Å². The molecule has 5 N–H and O–H groups in total. The third kappa shape index (κ3) is 11.1. The Morgan fingerprint density at radius 1 is 0.750 bits per heavy atom. The molecular weight excluding hydrogens is 518 g/mol. The first-order valence-electron chi connectivity index (χ1n) is 14.2. The van der Waals surface area contributed by atoms with Crippen LogP contribution in [0.2, 0.25) is 0 Å². The smallest absolute Gasteiger partial charge is 0.329 e. The van der Waals surface area contributed by atoms with Crippen LogP contribution < -0.4 is 26.6 Å². The van der Waals surface area contributed by atoms with E-state index in [2.05, 4.69) is 26.6 Å². The lowest BCUT2D eigenvalue weighted by atomic mass is 9.98. The topological polar surface area (TPSA) is 172 Å². The highest BCUT2D eigenvalue weighted by atomic mass is 16.5. The standard InChI is InChI=1S/C28H49N5O7/c1-10-17(8)20-12-21(34)29-13-22(35)32-23(15(4)5)27(38)31-19(11-14(2)3)26(37)30-18(9)25(36)33-24(16(6)7)28(39)40-20/h14-20,23-24H,10-13H2,1-9H3,(H,29,34)(H,30,37)(H,31,38)(H,32,35)(H,33,36)/t17-,18-,19+,20-,23?,24?/m0/s1. The summed E-state index contributed by atoms with van der Waals surface area (Å²) in [6.07, 6.45) is -0.0528. The molecule has 0 aromatic heterocycles. The highest BCUT2D eigenvalue weighted by molar-refractivity contribution is 5.95. The van der Waals surface area contributed by atoms with Gasteiger partial charge >= 0.3 is 5.97 Å². The van der Waals surface area contributed by atoms with Crippen LogP contribution in [0.5, 0.6) is 0 Å². The molecule has 0 saturated carbocycles. The van der Waals surface area contributed by atoms with Crippen molar-refractivity contribution in [3.63, 3.8) is 0 Å². The largest absolute Gasteiger partial charge is 0.460 e. The molecule has 1 aliphatic heterocycles. The summed E-state index contributed by atoms with van der Waals surface area (Å²) >= 11 is 0. The van der Waals surface area contributed by atoms with Gasteiger partial charge in [-0.2, -0.15) is 0 Å². The molecule has 0 radical (unpaired) electrons. The molecule has 12 heteroatoms. The predicted molar refractivity (Wildman–Crippen MR) is 149 cm³/mol. The monoisotopic (exact) mass is 567 g/mol. The van der Waals surface area contributed by atoms with Crippen molar-refractivity contribution in [1.29, 1.82) is 0 Å². The van der Waals surface area contributed by atoms with Crippen molar-refractivity contribution in [2.75, 3.05) is 6.54 Å². The lowest BCUT2D eigenvalue weighted by Crippen LogP contribution is -2.58. The number of cyclic esters (lactones) is 1. The van der Waals surface area contributed by atoms with E-state index < -0.39 is 65.8 Å². The second kappa shape index (κ2) is 16.2. The third-order valence-corrected chi connectivity index (χ3v) is 6.95. The van der Waals surface area contributed by atoms with Crippen LogP contribution in [-0.4, -0.2) is 72.3 Å². The van der Waals surface area contributed by atoms with Gasteiger partial charge in [0.15, 0.2) is 0 Å². The molecule has 1 heterocycles. The van der Waals surface area contributed by atoms with Crippen molar-refractivity contribution in [1.82, 2.24) is 26.6 Å². The molecule has 1 aliphatic rings. The highest BCUT2D eigenvalue weighted by Gasteiger charge is 2.34. The molecule has 0 aromatic carbocycles. The second-order valence-corrected chi connectivity index (χ2v) is 11.8. The van der Waals surface area contributed by atoms with Crippen LogP contribution in [-0.2, 0) is 33.5 Å². The first-order valence-corrected chi connectivity index (χ1v) is 14.2. The summed E-state index contributed by atoms with van der Waals surface area (Å²) in [5.41, 5.74) is 0. The van der Waals surface area contributed by atoms with Crippen molar-refractivity contribution in [3.05, 3.63) is 0 Å². The van der Waals surface area contributed by atoms with Gasteiger partial charge in [-0.15, -0.1) is 0 Å². The fourth-order valence-corrected chi connectivity index (χ4v) is 4.16. The van der Waals surface area contributed by atoms with Crippen molar-refractivity contribution in [2.45, 2.75) is 112 Å². The van der Waals surface area contributed by atoms with E-state index in [0.29, 0.717) is 12.8 Å². The maximum atomic E-state index is 13.2. The minimum Gasteiger partial charge on any atom is -0.460 e. The number of nitrogens with one attached hydrogen (secondary N) is 5. The first-order chi connectivity index (χ1) is 18.6. The predicted octanol–water partition coefficient (Wildman–Crippen LogP) is 0.781. The van der Waals surface area contributed by atoms with E-state index in [-0.39, 0.29) is 36.6 Å². The van der Waals surface area contributed by atoms with Gasteiger partial charge in [0, 0.05) is 0 Å². The Morgan fingerprint density at radius 2 is 1.35 bits per heavy atom. The van der Waals surface area contributed by atoms with Crippen molar-refractivity contribution in [2.24, 2.45) is 23.7 Å². The average molecular weight is 568 g/mol. The summed E-state index contributed by atoms with van der Waals surface area (Å²) in [4.78, 5) is 77.8. The van der Waals surface area contributed by atoms with Gasteiger partial charge in [0.1, 0.15) is 30.3 Å². The van der Waals surface area contributed by atoms with Crippen LogP contribution >= 0.6 is 0 Å². The summed E-state index contributed by atoms with van der Waals surface area (Å²) in [5, 5.41) is 13.2. The van der Waals surface area contributed by atoms with Crippen LogP contribution in [0.1, 0.15) is 81.6 Å². The molecule has 5 amide bonds. The summed E-state index contributed by atoms with van der Waals surface area (Å²) in [6.45, 7) is 15.6. The van der Waals surface area contributed by atoms with Crippen molar-refractivity contribution >= 4 is 35.5 Å². The Labute approximate surface area is 237 Å². The minimum atomic E-state index is -1.02. The van der Waals surface area contributed by atoms with Crippen LogP contribution in [0.3, 0.4) is 0 Å². The van der Waals surface area contributed by atoms with Gasteiger partial charge in [0.2, 0.25) is 29.5 Å². The van der Waals surface area contributed by atoms with Gasteiger partial charge in [0.25, 0.3) is 0 Å². The number of rotatable bonds is 6. The number of hydrogen-bond donors (Lipinski definition) is 5. The zero-order chi connectivity index (χ0) is 30.7. The zero-order valence-corrected chi connectivity index (χ0v) is 25.4. The Morgan fingerprint density at radius 3 is 1.88 bits per heavy atom. The average Bonchev–Trinajstić information content (AvgIpc) is 2.86. The van der Waals surface area contributed by atoms with Gasteiger partial charge < -0.3 is 31.3 Å². The molecule has 0 aliphatic carbocycles. The Kier molecular flexibility index (Phi) is 14.1. The summed E-state index contributed by atoms with van der Waals surface area (Å²) in [5.74, 6) is -4.29. The Hall–Kier alpha value is -3.18. The first kappa shape index (κ1) is 34.8. The Bertz CT molecular complexity index is 921. The molecule has 1 fully saturated rings. The number of carbonyl (C=O) groups is 6. The lowest BCUT2D eigenvalue weighted by molar-refractivity contribution is -0.158. The molecule has 12 nitrogen and oxygen atoms in total. The number of esters is 1. The fraction of sp³-hybridized carbons (Fsp3) is 0.786. The number of carbonyl (C=O) groups excluding carboxylic acids is 6. The molecule has 0 spiro atoms. The fourth-order valence-electron chi connectivity index (χ4n) is 4.16. The molecule has 0 bridgehead atoms. The maximum absolute atomic E-state index is 13.2. The van der Waals surface area contributed by atoms with Gasteiger partial charge in [0.05, 0.1) is 13.0 Å². The van der Waals surface area contributed by atoms with E-state index >= 15 is 0 Å². The molecule has 0 aromatic rings. The van der Waals surface area contributed by atoms with E-state index in [1.807, 2.05) is 27.7 Å². The molecule has 40 heavy (non-hydrogen) atoms. The van der Waals surface area contributed by atoms with Gasteiger partial charge in [-0.3, -0.25) is 24.0 Å². The number of ether oxygens (including phenoxy) is 1. The van der Waals surface area contributed by atoms with Gasteiger partial charge in [-0.1, -0.05) is 61.8 Å². The second-order valence-electron chi connectivity index (χ2n) is 11.8. The molecular formula is C28H49N5O7. The molecule has 2 unspecified atom stereocenters. The minimum absolute atomic E-state index is 0.0302. The lowest BCUT2D eigenvalue weighted by Gasteiger charge is -2.28. The van der Waals surface area contributed by atoms with Crippen LogP contribution in [0.25, 0.3) is 0 Å². The highest BCUT2D eigenvalue weighted by Crippen LogP contribution is 2.18. The van der Waals surface area contributed by atoms with E-state index in [4.69, 9.17) is 4.74 Å². The normalized spacial score (nSPS) is 27.4. The molecule has 6 atom stereocenters. The summed E-state index contributed by atoms with van der Waals surface area (Å²) in [7, 11) is 0. The molecule has 1 saturated heterocycles. The summed E-state index contributed by atoms with van der Waals surface area (Å²) < 4.78 is 5.71. The van der Waals surface area contributed by atoms with E-state index in [1.165, 1.54) is 6.92 Å². The van der Waals surface area contributed by atoms with Crippen LogP contribution in [0, 0.1) is 23.7 Å². The zero-order valence-electron chi connectivity index (χ0n) is 25.4. The van der Waals surface area contributed by atoms with Crippen molar-refractivity contribution < 1.29 is 33.5 Å².